The maximum atomic E-state index is 14.9. The van der Waals surface area contributed by atoms with Gasteiger partial charge in [-0.25, -0.2) is 15.0 Å². The highest BCUT2D eigenvalue weighted by molar-refractivity contribution is 7.86. The fraction of sp³-hybridized carbons (Fsp3) is 0. The lowest BCUT2D eigenvalue weighted by Gasteiger charge is -2.20. The van der Waals surface area contributed by atoms with Crippen molar-refractivity contribution in [2.75, 3.05) is 0 Å². The summed E-state index contributed by atoms with van der Waals surface area (Å²) >= 11 is 0. The van der Waals surface area contributed by atoms with Gasteiger partial charge in [0, 0.05) is 80.1 Å². The summed E-state index contributed by atoms with van der Waals surface area (Å²) in [7, 11) is -9.06. The average molecular weight is 1840 g/mol. The van der Waals surface area contributed by atoms with Gasteiger partial charge < -0.3 is 13.7 Å². The molecule has 6 aromatic heterocycles. The number of para-hydroxylation sites is 6. The molecule has 0 saturated heterocycles. The highest BCUT2D eigenvalue weighted by atomic mass is 31.2. The van der Waals surface area contributed by atoms with Gasteiger partial charge >= 0.3 is 0 Å². The van der Waals surface area contributed by atoms with E-state index in [1.807, 2.05) is 224 Å². The first-order valence-corrected chi connectivity index (χ1v) is 51.9. The molecular weight excluding hydrogens is 1750 g/mol. The van der Waals surface area contributed by atoms with Gasteiger partial charge in [-0.3, -0.25) is 13.2 Å². The van der Waals surface area contributed by atoms with Gasteiger partial charge in [-0.1, -0.05) is 443 Å². The van der Waals surface area contributed by atoms with Crippen molar-refractivity contribution < 1.29 is 13.7 Å². The van der Waals surface area contributed by atoms with E-state index < -0.39 is 21.4 Å². The van der Waals surface area contributed by atoms with Gasteiger partial charge in [0.05, 0.1) is 49.7 Å². The van der Waals surface area contributed by atoms with Crippen LogP contribution in [0.1, 0.15) is 0 Å². The standard InChI is InChI=1S/C47H31N2OP.C43H29N2OP.C37H25N2OP/c50-51(38-11-3-1-4-12-38,39-13-5-2-6-14-39)40-27-25-35-29-34(23-24-36(35)30-40)32-19-21-33(22-20-32)37-26-28-42-41-15-7-8-16-43(41)47-48-44-17-9-10-18-45(44)49(47)46(42)31-37;46-47(34-11-3-1-4-12-34,35-13-5-2-6-14-35)36-26-23-31(24-27-36)30-19-21-32(22-20-30)33-25-28-38-37-15-7-8-16-39(37)43-44-40-17-9-10-18-41(40)45(43)42(38)29-33;40-41(28-11-3-1-4-12-28,29-13-5-2-6-14-29)30-22-19-26(20-23-30)27-21-24-35-33(25-27)31-15-7-8-16-32(31)37-38-34-17-9-10-18-36(34)39(35)37/h1-31H;1-29H;1-25H. The number of benzene rings is 21. The Labute approximate surface area is 802 Å². The first-order valence-electron chi connectivity index (χ1n) is 46.8. The molecule has 139 heavy (non-hydrogen) atoms. The van der Waals surface area contributed by atoms with Crippen molar-refractivity contribution in [2.45, 2.75) is 0 Å². The predicted molar refractivity (Wildman–Crippen MR) is 586 cm³/mol. The van der Waals surface area contributed by atoms with Crippen molar-refractivity contribution in [3.05, 3.63) is 516 Å². The summed E-state index contributed by atoms with van der Waals surface area (Å²) in [6.07, 6.45) is 0. The summed E-state index contributed by atoms with van der Waals surface area (Å²) in [6.45, 7) is 0. The van der Waals surface area contributed by atoms with Crippen LogP contribution in [0.25, 0.3) is 181 Å². The van der Waals surface area contributed by atoms with Crippen LogP contribution in [0.15, 0.2) is 516 Å². The van der Waals surface area contributed by atoms with E-state index in [9.17, 15) is 13.7 Å². The van der Waals surface area contributed by atoms with E-state index in [0.29, 0.717) is 0 Å². The minimum absolute atomic E-state index is 0.830. The molecule has 656 valence electrons. The zero-order valence-electron chi connectivity index (χ0n) is 75.3. The first kappa shape index (κ1) is 83.8. The Bertz CT molecular complexity index is 9510. The van der Waals surface area contributed by atoms with Gasteiger partial charge in [-0.05, 0) is 155 Å². The van der Waals surface area contributed by atoms with Gasteiger partial charge in [0.25, 0.3) is 0 Å². The Morgan fingerprint density at radius 2 is 0.374 bits per heavy atom. The normalized spacial score (nSPS) is 12.0. The van der Waals surface area contributed by atoms with Gasteiger partial charge in [0.2, 0.25) is 0 Å². The Morgan fingerprint density at radius 1 is 0.144 bits per heavy atom. The average Bonchev–Trinajstić information content (AvgIpc) is 1.59. The van der Waals surface area contributed by atoms with Gasteiger partial charge in [0.1, 0.15) is 16.9 Å². The Kier molecular flexibility index (Phi) is 20.9. The lowest BCUT2D eigenvalue weighted by atomic mass is 9.97. The number of hydrogen-bond acceptors (Lipinski definition) is 6. The Balaban J connectivity index is 0.000000111. The minimum Gasteiger partial charge on any atom is -0.309 e. The molecule has 12 heteroatoms. The molecule has 27 aromatic rings. The van der Waals surface area contributed by atoms with Crippen LogP contribution in [0.3, 0.4) is 0 Å². The molecule has 0 aliphatic carbocycles. The second-order valence-corrected chi connectivity index (χ2v) is 43.8. The fourth-order valence-electron chi connectivity index (χ4n) is 20.7. The number of hydrogen-bond donors (Lipinski definition) is 0. The maximum Gasteiger partial charge on any atom is 0.171 e. The van der Waals surface area contributed by atoms with Crippen molar-refractivity contribution in [3.63, 3.8) is 0 Å². The predicted octanol–water partition coefficient (Wildman–Crippen LogP) is 28.8. The molecule has 0 N–H and O–H groups in total. The minimum atomic E-state index is -3.04. The fourth-order valence-corrected chi connectivity index (χ4v) is 28.7. The molecule has 21 aromatic carbocycles. The zero-order valence-corrected chi connectivity index (χ0v) is 78.0. The molecule has 0 radical (unpaired) electrons. The van der Waals surface area contributed by atoms with Crippen molar-refractivity contribution in [1.82, 2.24) is 28.2 Å². The van der Waals surface area contributed by atoms with Gasteiger partial charge in [0.15, 0.2) is 21.4 Å². The van der Waals surface area contributed by atoms with E-state index in [2.05, 4.69) is 304 Å². The first-order chi connectivity index (χ1) is 68.5. The van der Waals surface area contributed by atoms with E-state index in [4.69, 9.17) is 15.0 Å². The van der Waals surface area contributed by atoms with Crippen LogP contribution in [-0.4, -0.2) is 28.2 Å². The quantitative estimate of drug-likeness (QED) is 0.0794. The largest absolute Gasteiger partial charge is 0.309 e. The van der Waals surface area contributed by atoms with Crippen molar-refractivity contribution >= 4 is 195 Å². The SMILES string of the molecule is O=P(c1ccccc1)(c1ccccc1)c1ccc(-c2ccc(-c3ccc4c5ccccc5c5nc6ccccc6n5c4c3)cc2)cc1.O=P(c1ccccc1)(c1ccccc1)c1ccc(-c2ccc3c(c2)c2ccccc2c2nc4ccccc4n32)cc1.O=P(c1ccccc1)(c1ccccc1)c1ccc2cc(-c3ccc(-c4ccc5c6ccccc6c6nc7ccccc7n6c5c4)cc3)ccc2c1. The molecular formula is C127H85N6O3P3. The summed E-state index contributed by atoms with van der Waals surface area (Å²) in [5.41, 5.74) is 24.0. The van der Waals surface area contributed by atoms with E-state index in [1.165, 1.54) is 32.3 Å². The van der Waals surface area contributed by atoms with E-state index in [1.54, 1.807) is 0 Å². The third-order valence-corrected chi connectivity index (χ3v) is 36.8. The van der Waals surface area contributed by atoms with E-state index in [-0.39, 0.29) is 0 Å². The lowest BCUT2D eigenvalue weighted by molar-refractivity contribution is 0.591. The zero-order chi connectivity index (χ0) is 92.7. The smallest absolute Gasteiger partial charge is 0.171 e. The third-order valence-electron chi connectivity index (χ3n) is 27.6. The maximum absolute atomic E-state index is 14.9. The monoisotopic (exact) mass is 1830 g/mol. The van der Waals surface area contributed by atoms with Crippen LogP contribution < -0.4 is 47.7 Å². The Hall–Kier alpha value is -17.0. The lowest BCUT2D eigenvalue weighted by Crippen LogP contribution is -2.24. The number of aromatic nitrogens is 6. The molecule has 27 rings (SSSR count). The number of nitrogens with zero attached hydrogens (tertiary/aromatic N) is 6. The summed E-state index contributed by atoms with van der Waals surface area (Å²) in [6, 6.07) is 177. The molecule has 0 spiro atoms. The molecule has 0 unspecified atom stereocenters. The topological polar surface area (TPSA) is 103 Å². The van der Waals surface area contributed by atoms with Crippen molar-refractivity contribution in [1.29, 1.82) is 0 Å². The molecule has 0 bridgehead atoms. The number of rotatable bonds is 14. The van der Waals surface area contributed by atoms with Crippen LogP contribution in [0.5, 0.6) is 0 Å². The Morgan fingerprint density at radius 3 is 0.734 bits per heavy atom. The van der Waals surface area contributed by atoms with E-state index in [0.717, 1.165) is 197 Å². The van der Waals surface area contributed by atoms with E-state index >= 15 is 0 Å². The molecule has 0 saturated carbocycles. The molecule has 0 aliphatic heterocycles. The highest BCUT2D eigenvalue weighted by Crippen LogP contribution is 2.48. The van der Waals surface area contributed by atoms with Crippen LogP contribution in [0.4, 0.5) is 0 Å². The summed E-state index contributed by atoms with van der Waals surface area (Å²) < 4.78 is 51.4. The molecule has 0 aliphatic rings. The summed E-state index contributed by atoms with van der Waals surface area (Å²) in [4.78, 5) is 15.1. The molecule has 0 atom stereocenters. The van der Waals surface area contributed by atoms with Crippen molar-refractivity contribution in [3.8, 4) is 55.6 Å². The highest BCUT2D eigenvalue weighted by Gasteiger charge is 2.33. The number of pyridine rings is 3. The molecule has 6 heterocycles. The van der Waals surface area contributed by atoms with Gasteiger partial charge in [-0.15, -0.1) is 0 Å². The van der Waals surface area contributed by atoms with Crippen LogP contribution in [0, 0.1) is 0 Å². The van der Waals surface area contributed by atoms with Crippen LogP contribution in [0.2, 0.25) is 0 Å². The molecule has 0 amide bonds. The number of fused-ring (bicyclic) bond motifs is 25. The summed E-state index contributed by atoms with van der Waals surface area (Å²) in [5, 5.41) is 20.4. The van der Waals surface area contributed by atoms with Gasteiger partial charge in [-0.2, -0.15) is 0 Å². The molecule has 9 nitrogen and oxygen atoms in total. The second-order valence-electron chi connectivity index (χ2n) is 35.4. The van der Waals surface area contributed by atoms with Crippen LogP contribution >= 0.6 is 21.4 Å². The van der Waals surface area contributed by atoms with Crippen LogP contribution in [-0.2, 0) is 13.7 Å². The molecule has 0 fully saturated rings. The van der Waals surface area contributed by atoms with Crippen molar-refractivity contribution in [2.24, 2.45) is 0 Å². The third kappa shape index (κ3) is 14.5. The number of imidazole rings is 3. The second kappa shape index (κ2) is 34.7. The summed E-state index contributed by atoms with van der Waals surface area (Å²) in [5.74, 6) is 0.